The van der Waals surface area contributed by atoms with Gasteiger partial charge in [-0.2, -0.15) is 0 Å². The minimum Gasteiger partial charge on any atom is -0.352 e. The summed E-state index contributed by atoms with van der Waals surface area (Å²) in [6.07, 6.45) is 1.14. The molecule has 0 atom stereocenters. The van der Waals surface area contributed by atoms with Gasteiger partial charge in [-0.3, -0.25) is 9.71 Å². The van der Waals surface area contributed by atoms with Crippen LogP contribution in [0.3, 0.4) is 0 Å². The van der Waals surface area contributed by atoms with Gasteiger partial charge in [-0.05, 0) is 29.7 Å². The van der Waals surface area contributed by atoms with Crippen molar-refractivity contribution in [2.75, 3.05) is 18.0 Å². The number of hydrogen-bond donors (Lipinski definition) is 3. The van der Waals surface area contributed by atoms with Crippen LogP contribution in [-0.2, 0) is 23.1 Å². The average Bonchev–Trinajstić information content (AvgIpc) is 2.56. The number of nitrogens with one attached hydrogen (secondary N) is 3. The van der Waals surface area contributed by atoms with Gasteiger partial charge >= 0.3 is 0 Å². The van der Waals surface area contributed by atoms with Crippen molar-refractivity contribution in [3.63, 3.8) is 0 Å². The molecular formula is C18H25IN4O2S. The molecule has 0 unspecified atom stereocenters. The fraction of sp³-hybridized carbons (Fsp3) is 0.278. The highest BCUT2D eigenvalue weighted by atomic mass is 127. The van der Waals surface area contributed by atoms with Gasteiger partial charge in [0, 0.05) is 20.1 Å². The third-order valence-corrected chi connectivity index (χ3v) is 4.28. The SMILES string of the molecule is CN=C(NCc1ccccc1C)NCc1ccccc1NS(C)(=O)=O.I. The summed E-state index contributed by atoms with van der Waals surface area (Å²) < 4.78 is 25.5. The van der Waals surface area contributed by atoms with Gasteiger partial charge in [0.05, 0.1) is 11.9 Å². The Kier molecular flexibility index (Phi) is 8.86. The standard InChI is InChI=1S/C18H24N4O2S.HI/c1-14-8-4-5-9-15(14)12-20-18(19-2)21-13-16-10-6-7-11-17(16)22-25(3,23)24;/h4-11,22H,12-13H2,1-3H3,(H2,19,20,21);1H. The molecule has 0 saturated heterocycles. The third-order valence-electron chi connectivity index (χ3n) is 3.69. The molecule has 26 heavy (non-hydrogen) atoms. The average molecular weight is 488 g/mol. The molecule has 0 aromatic heterocycles. The molecule has 2 aromatic rings. The molecule has 3 N–H and O–H groups in total. The summed E-state index contributed by atoms with van der Waals surface area (Å²) in [6, 6.07) is 15.4. The zero-order valence-corrected chi connectivity index (χ0v) is 18.3. The normalized spacial score (nSPS) is 11.4. The number of nitrogens with zero attached hydrogens (tertiary/aromatic N) is 1. The highest BCUT2D eigenvalue weighted by molar-refractivity contribution is 14.0. The zero-order valence-electron chi connectivity index (χ0n) is 15.1. The Hall–Kier alpha value is -1.81. The van der Waals surface area contributed by atoms with E-state index in [2.05, 4.69) is 39.4 Å². The topological polar surface area (TPSA) is 82.6 Å². The molecule has 0 aliphatic rings. The van der Waals surface area contributed by atoms with E-state index in [1.54, 1.807) is 19.2 Å². The molecule has 2 rings (SSSR count). The van der Waals surface area contributed by atoms with Crippen LogP contribution in [0.1, 0.15) is 16.7 Å². The van der Waals surface area contributed by atoms with Gasteiger partial charge in [-0.25, -0.2) is 8.42 Å². The lowest BCUT2D eigenvalue weighted by Crippen LogP contribution is -2.36. The third kappa shape index (κ3) is 7.20. The van der Waals surface area contributed by atoms with Crippen LogP contribution in [0.15, 0.2) is 53.5 Å². The van der Waals surface area contributed by atoms with Gasteiger partial charge < -0.3 is 10.6 Å². The molecule has 142 valence electrons. The highest BCUT2D eigenvalue weighted by Crippen LogP contribution is 2.15. The molecule has 8 heteroatoms. The van der Waals surface area contributed by atoms with Crippen molar-refractivity contribution in [1.29, 1.82) is 0 Å². The number of benzene rings is 2. The fourth-order valence-electron chi connectivity index (χ4n) is 2.36. The number of guanidine groups is 1. The second-order valence-corrected chi connectivity index (χ2v) is 7.49. The van der Waals surface area contributed by atoms with Crippen molar-refractivity contribution in [2.24, 2.45) is 4.99 Å². The summed E-state index contributed by atoms with van der Waals surface area (Å²) in [7, 11) is -1.62. The number of para-hydroxylation sites is 1. The number of aliphatic imine (C=N–C) groups is 1. The maximum atomic E-state index is 11.5. The van der Waals surface area contributed by atoms with E-state index in [9.17, 15) is 8.42 Å². The van der Waals surface area contributed by atoms with E-state index in [0.717, 1.165) is 11.8 Å². The quantitative estimate of drug-likeness (QED) is 0.332. The summed E-state index contributed by atoms with van der Waals surface area (Å²) in [5.74, 6) is 0.650. The molecular weight excluding hydrogens is 463 g/mol. The molecule has 0 amide bonds. The van der Waals surface area contributed by atoms with Gasteiger partial charge in [0.25, 0.3) is 0 Å². The predicted molar refractivity (Wildman–Crippen MR) is 119 cm³/mol. The van der Waals surface area contributed by atoms with E-state index >= 15 is 0 Å². The number of halogens is 1. The lowest BCUT2D eigenvalue weighted by Gasteiger charge is -2.15. The molecule has 2 aromatic carbocycles. The van der Waals surface area contributed by atoms with Crippen LogP contribution in [0.4, 0.5) is 5.69 Å². The number of sulfonamides is 1. The van der Waals surface area contributed by atoms with Crippen LogP contribution in [0, 0.1) is 6.92 Å². The van der Waals surface area contributed by atoms with E-state index in [0.29, 0.717) is 24.7 Å². The van der Waals surface area contributed by atoms with Crippen LogP contribution in [-0.4, -0.2) is 27.7 Å². The van der Waals surface area contributed by atoms with Crippen LogP contribution in [0.5, 0.6) is 0 Å². The molecule has 0 fully saturated rings. The smallest absolute Gasteiger partial charge is 0.229 e. The molecule has 6 nitrogen and oxygen atoms in total. The number of anilines is 1. The van der Waals surface area contributed by atoms with Crippen LogP contribution >= 0.6 is 24.0 Å². The maximum Gasteiger partial charge on any atom is 0.229 e. The molecule has 0 heterocycles. The largest absolute Gasteiger partial charge is 0.352 e. The molecule has 0 radical (unpaired) electrons. The summed E-state index contributed by atoms with van der Waals surface area (Å²) >= 11 is 0. The van der Waals surface area contributed by atoms with Crippen molar-refractivity contribution >= 4 is 45.6 Å². The van der Waals surface area contributed by atoms with E-state index in [-0.39, 0.29) is 24.0 Å². The first-order valence-corrected chi connectivity index (χ1v) is 9.83. The van der Waals surface area contributed by atoms with Crippen molar-refractivity contribution in [1.82, 2.24) is 10.6 Å². The first kappa shape index (κ1) is 22.2. The summed E-state index contributed by atoms with van der Waals surface area (Å²) in [5.41, 5.74) is 3.82. The monoisotopic (exact) mass is 488 g/mol. The van der Waals surface area contributed by atoms with Gasteiger partial charge in [0.2, 0.25) is 10.0 Å². The molecule has 0 saturated carbocycles. The number of hydrogen-bond acceptors (Lipinski definition) is 3. The fourth-order valence-corrected chi connectivity index (χ4v) is 2.96. The Morgan fingerprint density at radius 3 is 2.08 bits per heavy atom. The Morgan fingerprint density at radius 2 is 1.50 bits per heavy atom. The molecule has 0 spiro atoms. The minimum absolute atomic E-state index is 0. The van der Waals surface area contributed by atoms with E-state index in [1.807, 2.05) is 24.3 Å². The Balaban J connectivity index is 0.00000338. The Labute approximate surface area is 172 Å². The first-order valence-electron chi connectivity index (χ1n) is 7.94. The number of rotatable bonds is 6. The zero-order chi connectivity index (χ0) is 18.3. The van der Waals surface area contributed by atoms with Crippen molar-refractivity contribution in [2.45, 2.75) is 20.0 Å². The summed E-state index contributed by atoms with van der Waals surface area (Å²) in [6.45, 7) is 3.18. The van der Waals surface area contributed by atoms with Gasteiger partial charge in [0.1, 0.15) is 0 Å². The lowest BCUT2D eigenvalue weighted by molar-refractivity contribution is 0.606. The minimum atomic E-state index is -3.32. The lowest BCUT2D eigenvalue weighted by atomic mass is 10.1. The van der Waals surface area contributed by atoms with Crippen LogP contribution < -0.4 is 15.4 Å². The second-order valence-electron chi connectivity index (χ2n) is 5.74. The molecule has 0 aliphatic carbocycles. The highest BCUT2D eigenvalue weighted by Gasteiger charge is 2.08. The number of aryl methyl sites for hydroxylation is 1. The summed E-state index contributed by atoms with van der Waals surface area (Å²) in [5, 5.41) is 6.47. The second kappa shape index (κ2) is 10.4. The first-order chi connectivity index (χ1) is 11.9. The Morgan fingerprint density at radius 1 is 0.962 bits per heavy atom. The Bertz CT molecular complexity index is 854. The summed E-state index contributed by atoms with van der Waals surface area (Å²) in [4.78, 5) is 4.21. The van der Waals surface area contributed by atoms with Crippen LogP contribution in [0.25, 0.3) is 0 Å². The van der Waals surface area contributed by atoms with Gasteiger partial charge in [-0.1, -0.05) is 42.5 Å². The predicted octanol–water partition coefficient (Wildman–Crippen LogP) is 2.85. The van der Waals surface area contributed by atoms with Crippen molar-refractivity contribution in [3.8, 4) is 0 Å². The van der Waals surface area contributed by atoms with E-state index in [4.69, 9.17) is 0 Å². The van der Waals surface area contributed by atoms with Crippen LogP contribution in [0.2, 0.25) is 0 Å². The van der Waals surface area contributed by atoms with E-state index in [1.165, 1.54) is 11.1 Å². The molecule has 0 bridgehead atoms. The van der Waals surface area contributed by atoms with Crippen molar-refractivity contribution < 1.29 is 8.42 Å². The van der Waals surface area contributed by atoms with Crippen molar-refractivity contribution in [3.05, 3.63) is 65.2 Å². The van der Waals surface area contributed by atoms with E-state index < -0.39 is 10.0 Å². The van der Waals surface area contributed by atoms with Gasteiger partial charge in [-0.15, -0.1) is 24.0 Å². The van der Waals surface area contributed by atoms with Gasteiger partial charge in [0.15, 0.2) is 5.96 Å². The maximum absolute atomic E-state index is 11.5. The molecule has 0 aliphatic heterocycles.